The molecule has 0 saturated heterocycles. The first-order valence-electron chi connectivity index (χ1n) is 7.31. The van der Waals surface area contributed by atoms with E-state index < -0.39 is 0 Å². The van der Waals surface area contributed by atoms with Gasteiger partial charge in [0.15, 0.2) is 5.96 Å². The Labute approximate surface area is 154 Å². The summed E-state index contributed by atoms with van der Waals surface area (Å²) in [6.45, 7) is 9.31. The Morgan fingerprint density at radius 1 is 1.45 bits per heavy atom. The smallest absolute Gasteiger partial charge is 0.191 e. The number of guanidine groups is 1. The first-order valence-corrected chi connectivity index (χ1v) is 8.13. The summed E-state index contributed by atoms with van der Waals surface area (Å²) in [7, 11) is 3.58. The van der Waals surface area contributed by atoms with Crippen molar-refractivity contribution in [2.75, 3.05) is 14.2 Å². The minimum absolute atomic E-state index is 0. The van der Waals surface area contributed by atoms with Crippen LogP contribution in [0, 0.1) is 19.3 Å². The lowest BCUT2D eigenvalue weighted by Crippen LogP contribution is -2.63. The van der Waals surface area contributed by atoms with Gasteiger partial charge in [-0.15, -0.1) is 35.3 Å². The average Bonchev–Trinajstić information content (AvgIpc) is 2.76. The molecule has 0 amide bonds. The molecule has 1 fully saturated rings. The number of aryl methyl sites for hydroxylation is 2. The molecule has 22 heavy (non-hydrogen) atoms. The Hall–Kier alpha value is -0.410. The maximum Gasteiger partial charge on any atom is 0.191 e. The summed E-state index contributed by atoms with van der Waals surface area (Å²) in [5, 5.41) is 7.92. The fraction of sp³-hybridized carbons (Fsp3) is 0.733. The number of rotatable bonds is 4. The van der Waals surface area contributed by atoms with Gasteiger partial charge in [-0.3, -0.25) is 4.99 Å². The maximum absolute atomic E-state index is 5.48. The molecular formula is C15H27IN4OS. The van der Waals surface area contributed by atoms with E-state index in [2.05, 4.69) is 41.4 Å². The highest BCUT2D eigenvalue weighted by molar-refractivity contribution is 14.0. The number of ether oxygens (including phenoxy) is 1. The van der Waals surface area contributed by atoms with Gasteiger partial charge < -0.3 is 15.4 Å². The molecule has 5 nitrogen and oxygen atoms in total. The number of nitrogens with one attached hydrogen (secondary N) is 2. The van der Waals surface area contributed by atoms with E-state index in [0.29, 0.717) is 18.7 Å². The Morgan fingerprint density at radius 2 is 2.14 bits per heavy atom. The summed E-state index contributed by atoms with van der Waals surface area (Å²) in [6.07, 6.45) is 1.33. The van der Waals surface area contributed by atoms with Gasteiger partial charge in [0.2, 0.25) is 0 Å². The number of thiazole rings is 1. The molecule has 1 saturated carbocycles. The van der Waals surface area contributed by atoms with Crippen LogP contribution >= 0.6 is 35.3 Å². The van der Waals surface area contributed by atoms with Crippen LogP contribution in [0.5, 0.6) is 0 Å². The normalized spacial score (nSPS) is 23.5. The number of methoxy groups -OCH3 is 1. The van der Waals surface area contributed by atoms with Crippen LogP contribution in [0.4, 0.5) is 0 Å². The van der Waals surface area contributed by atoms with Crippen molar-refractivity contribution in [3.63, 3.8) is 0 Å². The van der Waals surface area contributed by atoms with Crippen molar-refractivity contribution in [2.45, 2.75) is 52.8 Å². The van der Waals surface area contributed by atoms with Crippen molar-refractivity contribution < 1.29 is 4.74 Å². The zero-order valence-electron chi connectivity index (χ0n) is 14.2. The number of aliphatic imine (C=N–C) groups is 1. The van der Waals surface area contributed by atoms with Crippen molar-refractivity contribution in [1.29, 1.82) is 0 Å². The maximum atomic E-state index is 5.48. The highest BCUT2D eigenvalue weighted by Gasteiger charge is 2.48. The van der Waals surface area contributed by atoms with E-state index in [-0.39, 0.29) is 29.4 Å². The van der Waals surface area contributed by atoms with E-state index in [1.165, 1.54) is 4.88 Å². The van der Waals surface area contributed by atoms with Crippen LogP contribution in [0.3, 0.4) is 0 Å². The summed E-state index contributed by atoms with van der Waals surface area (Å²) in [6, 6.07) is 0.383. The third-order valence-electron chi connectivity index (χ3n) is 4.48. The fourth-order valence-electron chi connectivity index (χ4n) is 2.66. The van der Waals surface area contributed by atoms with Crippen LogP contribution in [0.1, 0.15) is 35.8 Å². The molecule has 126 valence electrons. The fourth-order valence-corrected chi connectivity index (χ4v) is 3.54. The highest BCUT2D eigenvalue weighted by Crippen LogP contribution is 2.42. The quantitative estimate of drug-likeness (QED) is 0.431. The molecule has 7 heteroatoms. The van der Waals surface area contributed by atoms with Gasteiger partial charge >= 0.3 is 0 Å². The van der Waals surface area contributed by atoms with Gasteiger partial charge in [0.1, 0.15) is 5.01 Å². The molecule has 1 aliphatic rings. The molecule has 2 unspecified atom stereocenters. The van der Waals surface area contributed by atoms with Gasteiger partial charge in [0.25, 0.3) is 0 Å². The molecule has 2 atom stereocenters. The first-order chi connectivity index (χ1) is 9.88. The van der Waals surface area contributed by atoms with E-state index in [9.17, 15) is 0 Å². The Morgan fingerprint density at radius 3 is 2.59 bits per heavy atom. The topological polar surface area (TPSA) is 58.5 Å². The van der Waals surface area contributed by atoms with Crippen molar-refractivity contribution in [3.05, 3.63) is 15.6 Å². The lowest BCUT2D eigenvalue weighted by molar-refractivity contribution is -0.0922. The third kappa shape index (κ3) is 4.11. The summed E-state index contributed by atoms with van der Waals surface area (Å²) in [5.41, 5.74) is 1.24. The summed E-state index contributed by atoms with van der Waals surface area (Å²) < 4.78 is 5.48. The molecule has 1 aromatic heterocycles. The van der Waals surface area contributed by atoms with E-state index in [1.807, 2.05) is 6.92 Å². The molecule has 1 heterocycles. The summed E-state index contributed by atoms with van der Waals surface area (Å²) >= 11 is 1.73. The predicted molar refractivity (Wildman–Crippen MR) is 103 cm³/mol. The lowest BCUT2D eigenvalue weighted by atomic mass is 9.64. The molecule has 2 N–H and O–H groups in total. The van der Waals surface area contributed by atoms with Crippen molar-refractivity contribution in [3.8, 4) is 0 Å². The molecular weight excluding hydrogens is 411 g/mol. The van der Waals surface area contributed by atoms with Gasteiger partial charge in [-0.25, -0.2) is 4.98 Å². The number of halogens is 1. The van der Waals surface area contributed by atoms with Crippen LogP contribution in [0.2, 0.25) is 0 Å². The monoisotopic (exact) mass is 438 g/mol. The molecule has 2 rings (SSSR count). The van der Waals surface area contributed by atoms with Gasteiger partial charge in [-0.2, -0.15) is 0 Å². The van der Waals surface area contributed by atoms with E-state index in [1.54, 1.807) is 25.5 Å². The zero-order chi connectivity index (χ0) is 15.6. The third-order valence-corrected chi connectivity index (χ3v) is 5.55. The number of aromatic nitrogens is 1. The first kappa shape index (κ1) is 19.6. The predicted octanol–water partition coefficient (Wildman–Crippen LogP) is 2.86. The Kier molecular flexibility index (Phi) is 7.07. The van der Waals surface area contributed by atoms with Gasteiger partial charge in [-0.05, 0) is 20.3 Å². The van der Waals surface area contributed by atoms with Crippen molar-refractivity contribution in [2.24, 2.45) is 10.4 Å². The summed E-state index contributed by atoms with van der Waals surface area (Å²) in [5.74, 6) is 0.827. The molecule has 0 radical (unpaired) electrons. The second-order valence-electron chi connectivity index (χ2n) is 6.15. The van der Waals surface area contributed by atoms with E-state index >= 15 is 0 Å². The highest BCUT2D eigenvalue weighted by atomic mass is 127. The minimum atomic E-state index is 0. The van der Waals surface area contributed by atoms with E-state index in [0.717, 1.165) is 23.1 Å². The molecule has 0 bridgehead atoms. The van der Waals surface area contributed by atoms with Crippen molar-refractivity contribution in [1.82, 2.24) is 15.6 Å². The minimum Gasteiger partial charge on any atom is -0.381 e. The largest absolute Gasteiger partial charge is 0.381 e. The van der Waals surface area contributed by atoms with Crippen LogP contribution in [0.15, 0.2) is 4.99 Å². The molecule has 0 spiro atoms. The SMILES string of the molecule is CN=C(NCc1nc(C)c(C)s1)NC1CC(OC)C1(C)C.I. The number of hydrogen-bond donors (Lipinski definition) is 2. The Balaban J connectivity index is 0.00000242. The molecule has 0 aromatic carbocycles. The van der Waals surface area contributed by atoms with Gasteiger partial charge in [0, 0.05) is 30.5 Å². The molecule has 1 aliphatic carbocycles. The standard InChI is InChI=1S/C15H26N4OS.HI/c1-9-10(2)21-13(18-9)8-17-14(16-5)19-11-7-12(20-6)15(11,3)4;/h11-12H,7-8H2,1-6H3,(H2,16,17,19);1H. The van der Waals surface area contributed by atoms with Crippen molar-refractivity contribution >= 4 is 41.3 Å². The second-order valence-corrected chi connectivity index (χ2v) is 7.44. The number of nitrogens with zero attached hydrogens (tertiary/aromatic N) is 2. The zero-order valence-corrected chi connectivity index (χ0v) is 17.3. The second kappa shape index (κ2) is 7.92. The Bertz CT molecular complexity index is 510. The average molecular weight is 438 g/mol. The van der Waals surface area contributed by atoms with Crippen LogP contribution in [-0.4, -0.2) is 37.2 Å². The number of hydrogen-bond acceptors (Lipinski definition) is 4. The molecule has 0 aliphatic heterocycles. The van der Waals surface area contributed by atoms with Crippen LogP contribution in [-0.2, 0) is 11.3 Å². The van der Waals surface area contributed by atoms with Crippen LogP contribution in [0.25, 0.3) is 0 Å². The lowest BCUT2D eigenvalue weighted by Gasteiger charge is -2.51. The van der Waals surface area contributed by atoms with Gasteiger partial charge in [0.05, 0.1) is 18.3 Å². The summed E-state index contributed by atoms with van der Waals surface area (Å²) in [4.78, 5) is 10.1. The van der Waals surface area contributed by atoms with Crippen LogP contribution < -0.4 is 10.6 Å². The molecule has 1 aromatic rings. The van der Waals surface area contributed by atoms with Gasteiger partial charge in [-0.1, -0.05) is 13.8 Å². The van der Waals surface area contributed by atoms with E-state index in [4.69, 9.17) is 4.74 Å².